The van der Waals surface area contributed by atoms with Crippen molar-refractivity contribution in [1.82, 2.24) is 5.32 Å². The molecule has 2 aromatic carbocycles. The summed E-state index contributed by atoms with van der Waals surface area (Å²) in [5, 5.41) is 2.66. The summed E-state index contributed by atoms with van der Waals surface area (Å²) >= 11 is 5.92. The first kappa shape index (κ1) is 17.9. The van der Waals surface area contributed by atoms with E-state index in [2.05, 4.69) is 10.1 Å². The third-order valence-corrected chi connectivity index (χ3v) is 3.89. The van der Waals surface area contributed by atoms with E-state index in [0.29, 0.717) is 5.56 Å². The van der Waals surface area contributed by atoms with Crippen molar-refractivity contribution < 1.29 is 18.7 Å². The highest BCUT2D eigenvalue weighted by molar-refractivity contribution is 6.33. The molecule has 2 aromatic rings. The maximum atomic E-state index is 13.9. The maximum absolute atomic E-state index is 13.9. The molecule has 0 aliphatic rings. The second-order valence-corrected chi connectivity index (χ2v) is 5.72. The summed E-state index contributed by atoms with van der Waals surface area (Å²) in [4.78, 5) is 24.1. The Kier molecular flexibility index (Phi) is 5.93. The van der Waals surface area contributed by atoms with E-state index in [1.807, 2.05) is 19.1 Å². The van der Waals surface area contributed by atoms with Crippen LogP contribution in [0.15, 0.2) is 42.5 Å². The molecule has 0 radical (unpaired) electrons. The van der Waals surface area contributed by atoms with Crippen LogP contribution in [0.1, 0.15) is 33.9 Å². The smallest absolute Gasteiger partial charge is 0.307 e. The summed E-state index contributed by atoms with van der Waals surface area (Å²) in [6.45, 7) is 1.93. The van der Waals surface area contributed by atoms with Gasteiger partial charge >= 0.3 is 5.97 Å². The number of rotatable bonds is 5. The van der Waals surface area contributed by atoms with Crippen LogP contribution in [0.3, 0.4) is 0 Å². The number of amides is 1. The number of carbonyl (C=O) groups is 2. The zero-order chi connectivity index (χ0) is 17.7. The summed E-state index contributed by atoms with van der Waals surface area (Å²) in [6.07, 6.45) is -0.0721. The fourth-order valence-corrected chi connectivity index (χ4v) is 2.49. The molecule has 0 saturated heterocycles. The van der Waals surface area contributed by atoms with Gasteiger partial charge in [-0.15, -0.1) is 0 Å². The third kappa shape index (κ3) is 4.32. The van der Waals surface area contributed by atoms with Crippen molar-refractivity contribution >= 4 is 23.5 Å². The van der Waals surface area contributed by atoms with Crippen LogP contribution in [0, 0.1) is 12.7 Å². The minimum absolute atomic E-state index is 0.00761. The number of benzene rings is 2. The lowest BCUT2D eigenvalue weighted by atomic mass is 10.0. The molecule has 1 atom stereocenters. The molecule has 0 fully saturated rings. The van der Waals surface area contributed by atoms with Gasteiger partial charge in [0.2, 0.25) is 0 Å². The summed E-state index contributed by atoms with van der Waals surface area (Å²) in [5.74, 6) is -1.89. The Hall–Kier alpha value is -2.40. The molecule has 4 nitrogen and oxygen atoms in total. The van der Waals surface area contributed by atoms with E-state index in [9.17, 15) is 14.0 Å². The van der Waals surface area contributed by atoms with Crippen LogP contribution in [-0.2, 0) is 9.53 Å². The Labute approximate surface area is 144 Å². The van der Waals surface area contributed by atoms with Gasteiger partial charge in [-0.1, -0.05) is 47.5 Å². The van der Waals surface area contributed by atoms with Crippen LogP contribution >= 0.6 is 11.6 Å². The number of methoxy groups -OCH3 is 1. The topological polar surface area (TPSA) is 55.4 Å². The van der Waals surface area contributed by atoms with Crippen molar-refractivity contribution in [3.63, 3.8) is 0 Å². The molecular formula is C18H17ClFNO3. The second kappa shape index (κ2) is 7.93. The lowest BCUT2D eigenvalue weighted by molar-refractivity contribution is -0.141. The first-order valence-electron chi connectivity index (χ1n) is 7.30. The third-order valence-electron chi connectivity index (χ3n) is 3.57. The first-order chi connectivity index (χ1) is 11.4. The van der Waals surface area contributed by atoms with E-state index < -0.39 is 23.7 Å². The summed E-state index contributed by atoms with van der Waals surface area (Å²) in [5.41, 5.74) is 1.51. The van der Waals surface area contributed by atoms with E-state index in [4.69, 9.17) is 11.6 Å². The molecule has 2 rings (SSSR count). The molecule has 1 N–H and O–H groups in total. The van der Waals surface area contributed by atoms with Crippen LogP contribution < -0.4 is 5.32 Å². The van der Waals surface area contributed by atoms with Gasteiger partial charge in [0.1, 0.15) is 5.82 Å². The average molecular weight is 350 g/mol. The van der Waals surface area contributed by atoms with Crippen molar-refractivity contribution in [2.45, 2.75) is 19.4 Å². The fraction of sp³-hybridized carbons (Fsp3) is 0.222. The van der Waals surface area contributed by atoms with Gasteiger partial charge in [-0.3, -0.25) is 9.59 Å². The Morgan fingerprint density at radius 1 is 1.21 bits per heavy atom. The highest BCUT2D eigenvalue weighted by Gasteiger charge is 2.22. The maximum Gasteiger partial charge on any atom is 0.307 e. The molecule has 0 heterocycles. The zero-order valence-electron chi connectivity index (χ0n) is 13.3. The molecular weight excluding hydrogens is 333 g/mol. The predicted molar refractivity (Wildman–Crippen MR) is 89.4 cm³/mol. The van der Waals surface area contributed by atoms with Crippen molar-refractivity contribution in [2.75, 3.05) is 7.11 Å². The highest BCUT2D eigenvalue weighted by Crippen LogP contribution is 2.23. The number of esters is 1. The monoisotopic (exact) mass is 349 g/mol. The predicted octanol–water partition coefficient (Wildman–Crippen LogP) is 3.82. The second-order valence-electron chi connectivity index (χ2n) is 5.31. The standard InChI is InChI=1S/C18H17ClFNO3/c1-11-6-8-12(9-7-11)15(10-16(22)24-2)21-18(23)17-13(19)4-3-5-14(17)20/h3-9,15H,10H2,1-2H3,(H,21,23)/t15-/m0/s1. The molecule has 0 aliphatic heterocycles. The van der Waals surface area contributed by atoms with Crippen molar-refractivity contribution in [3.05, 3.63) is 70.0 Å². The van der Waals surface area contributed by atoms with E-state index in [0.717, 1.165) is 11.6 Å². The molecule has 0 spiro atoms. The van der Waals surface area contributed by atoms with Gasteiger partial charge in [-0.2, -0.15) is 0 Å². The van der Waals surface area contributed by atoms with Gasteiger partial charge in [0, 0.05) is 0 Å². The normalized spacial score (nSPS) is 11.7. The molecule has 0 aliphatic carbocycles. The van der Waals surface area contributed by atoms with E-state index in [1.165, 1.54) is 19.2 Å². The highest BCUT2D eigenvalue weighted by atomic mass is 35.5. The van der Waals surface area contributed by atoms with E-state index in [1.54, 1.807) is 12.1 Å². The number of hydrogen-bond acceptors (Lipinski definition) is 3. The van der Waals surface area contributed by atoms with Gasteiger partial charge in [-0.05, 0) is 24.6 Å². The molecule has 126 valence electrons. The van der Waals surface area contributed by atoms with E-state index in [-0.39, 0.29) is 17.0 Å². The van der Waals surface area contributed by atoms with Crippen LogP contribution in [0.4, 0.5) is 4.39 Å². The molecule has 0 unspecified atom stereocenters. The Bertz CT molecular complexity index is 726. The van der Waals surface area contributed by atoms with Crippen molar-refractivity contribution in [2.24, 2.45) is 0 Å². The molecule has 0 saturated carbocycles. The van der Waals surface area contributed by atoms with Gasteiger partial charge in [0.05, 0.1) is 30.2 Å². The van der Waals surface area contributed by atoms with Crippen molar-refractivity contribution in [3.8, 4) is 0 Å². The molecule has 6 heteroatoms. The number of ether oxygens (including phenoxy) is 1. The Morgan fingerprint density at radius 3 is 2.46 bits per heavy atom. The SMILES string of the molecule is COC(=O)C[C@H](NC(=O)c1c(F)cccc1Cl)c1ccc(C)cc1. The number of aryl methyl sites for hydroxylation is 1. The van der Waals surface area contributed by atoms with Gasteiger partial charge in [0.15, 0.2) is 0 Å². The fourth-order valence-electron chi connectivity index (χ4n) is 2.25. The quantitative estimate of drug-likeness (QED) is 0.835. The minimum atomic E-state index is -0.722. The average Bonchev–Trinajstić information content (AvgIpc) is 2.54. The lowest BCUT2D eigenvalue weighted by Gasteiger charge is -2.19. The first-order valence-corrected chi connectivity index (χ1v) is 7.68. The largest absolute Gasteiger partial charge is 0.469 e. The lowest BCUT2D eigenvalue weighted by Crippen LogP contribution is -2.31. The van der Waals surface area contributed by atoms with Crippen LogP contribution in [0.25, 0.3) is 0 Å². The van der Waals surface area contributed by atoms with E-state index >= 15 is 0 Å². The number of halogens is 2. The van der Waals surface area contributed by atoms with Gasteiger partial charge in [0.25, 0.3) is 5.91 Å². The van der Waals surface area contributed by atoms with Gasteiger partial charge < -0.3 is 10.1 Å². The molecule has 0 bridgehead atoms. The number of hydrogen-bond donors (Lipinski definition) is 1. The Morgan fingerprint density at radius 2 is 1.88 bits per heavy atom. The molecule has 0 aromatic heterocycles. The summed E-state index contributed by atoms with van der Waals surface area (Å²) < 4.78 is 18.6. The van der Waals surface area contributed by atoms with Crippen LogP contribution in [-0.4, -0.2) is 19.0 Å². The van der Waals surface area contributed by atoms with Gasteiger partial charge in [-0.25, -0.2) is 4.39 Å². The van der Waals surface area contributed by atoms with Crippen LogP contribution in [0.5, 0.6) is 0 Å². The summed E-state index contributed by atoms with van der Waals surface area (Å²) in [7, 11) is 1.27. The molecule has 1 amide bonds. The minimum Gasteiger partial charge on any atom is -0.469 e. The van der Waals surface area contributed by atoms with Crippen LogP contribution in [0.2, 0.25) is 5.02 Å². The zero-order valence-corrected chi connectivity index (χ0v) is 14.1. The Balaban J connectivity index is 2.29. The molecule has 24 heavy (non-hydrogen) atoms. The van der Waals surface area contributed by atoms with Crippen molar-refractivity contribution in [1.29, 1.82) is 0 Å². The summed E-state index contributed by atoms with van der Waals surface area (Å²) in [6, 6.07) is 10.7. The number of nitrogens with one attached hydrogen (secondary N) is 1. The number of carbonyl (C=O) groups excluding carboxylic acids is 2.